The third-order valence-electron chi connectivity index (χ3n) is 7.75. The van der Waals surface area contributed by atoms with E-state index in [0.29, 0.717) is 29.3 Å². The average Bonchev–Trinajstić information content (AvgIpc) is 3.53. The number of rotatable bonds is 5. The van der Waals surface area contributed by atoms with E-state index in [1.165, 1.54) is 43.5 Å². The predicted molar refractivity (Wildman–Crippen MR) is 136 cm³/mol. The first-order valence-electron chi connectivity index (χ1n) is 12.8. The number of nitrogens with one attached hydrogen (secondary N) is 1. The normalized spacial score (nSPS) is 21.8. The first-order valence-corrected chi connectivity index (χ1v) is 12.8. The Balaban J connectivity index is 1.32. The molecular weight excluding hydrogens is 440 g/mol. The lowest BCUT2D eigenvalue weighted by atomic mass is 9.83. The highest BCUT2D eigenvalue weighted by molar-refractivity contribution is 5.89. The molecule has 1 aliphatic carbocycles. The van der Waals surface area contributed by atoms with Crippen molar-refractivity contribution in [2.75, 3.05) is 27.0 Å². The zero-order chi connectivity index (χ0) is 23.9. The summed E-state index contributed by atoms with van der Waals surface area (Å²) in [5.74, 6) is 1.54. The monoisotopic (exact) mass is 474 g/mol. The standard InChI is InChI=1S/C27H34N6O2/c1-17(2)24-25(19-13-23(34-3)27-28-15-29-33(27)14-19)31-22-10-9-21(30-26(22)24)18-5-7-20(8-6-18)32-11-4-12-35-16-32/h9-10,13-15,17-18,20,31H,4-8,11-12,16H2,1-3H3. The molecule has 5 heterocycles. The summed E-state index contributed by atoms with van der Waals surface area (Å²) in [4.78, 5) is 15.8. The van der Waals surface area contributed by atoms with Gasteiger partial charge in [-0.25, -0.2) is 9.50 Å². The van der Waals surface area contributed by atoms with E-state index in [-0.39, 0.29) is 0 Å². The molecule has 6 rings (SSSR count). The number of aromatic nitrogens is 5. The lowest BCUT2D eigenvalue weighted by Gasteiger charge is -2.38. The Labute approximate surface area is 205 Å². The van der Waals surface area contributed by atoms with Gasteiger partial charge in [-0.3, -0.25) is 9.88 Å². The van der Waals surface area contributed by atoms with Crippen LogP contribution in [0.15, 0.2) is 30.7 Å². The van der Waals surface area contributed by atoms with Crippen molar-refractivity contribution in [3.63, 3.8) is 0 Å². The molecule has 0 spiro atoms. The van der Waals surface area contributed by atoms with Crippen LogP contribution in [-0.2, 0) is 4.74 Å². The predicted octanol–water partition coefficient (Wildman–Crippen LogP) is 5.11. The summed E-state index contributed by atoms with van der Waals surface area (Å²) in [6.07, 6.45) is 9.54. The van der Waals surface area contributed by atoms with Crippen LogP contribution >= 0.6 is 0 Å². The topological polar surface area (TPSA) is 80.6 Å². The average molecular weight is 475 g/mol. The fourth-order valence-corrected chi connectivity index (χ4v) is 5.94. The van der Waals surface area contributed by atoms with Crippen molar-refractivity contribution >= 4 is 16.7 Å². The minimum Gasteiger partial charge on any atom is -0.493 e. The number of aromatic amines is 1. The van der Waals surface area contributed by atoms with Gasteiger partial charge < -0.3 is 14.5 Å². The number of nitrogens with zero attached hydrogens (tertiary/aromatic N) is 5. The van der Waals surface area contributed by atoms with Crippen LogP contribution in [0, 0.1) is 0 Å². The van der Waals surface area contributed by atoms with Crippen molar-refractivity contribution in [3.8, 4) is 17.0 Å². The molecule has 4 aromatic heterocycles. The molecule has 0 amide bonds. The summed E-state index contributed by atoms with van der Waals surface area (Å²) in [6.45, 7) is 7.35. The number of fused-ring (bicyclic) bond motifs is 2. The van der Waals surface area contributed by atoms with Crippen LogP contribution in [0.25, 0.3) is 27.9 Å². The van der Waals surface area contributed by atoms with Gasteiger partial charge in [-0.15, -0.1) is 0 Å². The maximum Gasteiger partial charge on any atom is 0.197 e. The Bertz CT molecular complexity index is 1330. The molecule has 1 saturated heterocycles. The summed E-state index contributed by atoms with van der Waals surface area (Å²) in [5.41, 5.74) is 7.42. The number of methoxy groups -OCH3 is 1. The van der Waals surface area contributed by atoms with Crippen molar-refractivity contribution in [2.24, 2.45) is 0 Å². The summed E-state index contributed by atoms with van der Waals surface area (Å²) in [7, 11) is 1.67. The maximum absolute atomic E-state index is 5.70. The van der Waals surface area contributed by atoms with Gasteiger partial charge in [-0.05, 0) is 56.2 Å². The van der Waals surface area contributed by atoms with E-state index in [9.17, 15) is 0 Å². The number of hydrogen-bond donors (Lipinski definition) is 1. The number of hydrogen-bond acceptors (Lipinski definition) is 6. The van der Waals surface area contributed by atoms with Crippen LogP contribution in [0.4, 0.5) is 0 Å². The molecule has 0 radical (unpaired) electrons. The second-order valence-electron chi connectivity index (χ2n) is 10.2. The van der Waals surface area contributed by atoms with E-state index in [1.807, 2.05) is 12.3 Å². The number of pyridine rings is 2. The van der Waals surface area contributed by atoms with E-state index in [2.05, 4.69) is 45.9 Å². The number of H-pyrrole nitrogens is 1. The van der Waals surface area contributed by atoms with Crippen LogP contribution in [0.1, 0.15) is 69.0 Å². The quantitative estimate of drug-likeness (QED) is 0.433. The largest absolute Gasteiger partial charge is 0.493 e. The van der Waals surface area contributed by atoms with E-state index in [4.69, 9.17) is 14.5 Å². The van der Waals surface area contributed by atoms with Crippen LogP contribution in [-0.4, -0.2) is 62.5 Å². The van der Waals surface area contributed by atoms with Gasteiger partial charge >= 0.3 is 0 Å². The fourth-order valence-electron chi connectivity index (χ4n) is 5.94. The molecule has 35 heavy (non-hydrogen) atoms. The highest BCUT2D eigenvalue weighted by atomic mass is 16.5. The van der Waals surface area contributed by atoms with Gasteiger partial charge in [0.2, 0.25) is 0 Å². The van der Waals surface area contributed by atoms with Crippen LogP contribution < -0.4 is 4.74 Å². The summed E-state index contributed by atoms with van der Waals surface area (Å²) < 4.78 is 13.1. The van der Waals surface area contributed by atoms with Crippen LogP contribution in [0.3, 0.4) is 0 Å². The first kappa shape index (κ1) is 22.5. The summed E-state index contributed by atoms with van der Waals surface area (Å²) in [6, 6.07) is 7.13. The maximum atomic E-state index is 5.70. The molecule has 1 aliphatic heterocycles. The Morgan fingerprint density at radius 1 is 1.17 bits per heavy atom. The Hall–Kier alpha value is -2.97. The van der Waals surface area contributed by atoms with E-state index in [1.54, 1.807) is 18.0 Å². The molecule has 8 heteroatoms. The van der Waals surface area contributed by atoms with Crippen LogP contribution in [0.5, 0.6) is 5.75 Å². The first-order chi connectivity index (χ1) is 17.1. The van der Waals surface area contributed by atoms with Gasteiger partial charge in [0, 0.05) is 48.1 Å². The molecule has 1 saturated carbocycles. The molecule has 0 bridgehead atoms. The molecule has 184 valence electrons. The SMILES string of the molecule is COc1cc(-c2[nH]c3ccc(C4CCC(N5CCCOC5)CC4)nc3c2C(C)C)cn2ncnc12. The molecule has 4 aromatic rings. The molecule has 8 nitrogen and oxygen atoms in total. The van der Waals surface area contributed by atoms with Crippen molar-refractivity contribution in [3.05, 3.63) is 42.0 Å². The molecule has 0 aromatic carbocycles. The smallest absolute Gasteiger partial charge is 0.197 e. The third kappa shape index (κ3) is 4.08. The van der Waals surface area contributed by atoms with Crippen molar-refractivity contribution < 1.29 is 9.47 Å². The number of ether oxygens (including phenoxy) is 2. The van der Waals surface area contributed by atoms with Gasteiger partial charge in [-0.1, -0.05) is 13.8 Å². The minimum absolute atomic E-state index is 0.314. The van der Waals surface area contributed by atoms with E-state index < -0.39 is 0 Å². The minimum atomic E-state index is 0.314. The zero-order valence-corrected chi connectivity index (χ0v) is 20.8. The lowest BCUT2D eigenvalue weighted by molar-refractivity contribution is -0.0438. The Kier molecular flexibility index (Phi) is 5.94. The van der Waals surface area contributed by atoms with E-state index in [0.717, 1.165) is 42.0 Å². The zero-order valence-electron chi connectivity index (χ0n) is 20.8. The molecule has 1 N–H and O–H groups in total. The van der Waals surface area contributed by atoms with Gasteiger partial charge in [0.1, 0.15) is 6.33 Å². The second kappa shape index (κ2) is 9.24. The highest BCUT2D eigenvalue weighted by Crippen LogP contribution is 2.39. The molecule has 2 aliphatic rings. The van der Waals surface area contributed by atoms with Crippen LogP contribution in [0.2, 0.25) is 0 Å². The molecular formula is C27H34N6O2. The van der Waals surface area contributed by atoms with E-state index >= 15 is 0 Å². The van der Waals surface area contributed by atoms with Gasteiger partial charge in [0.15, 0.2) is 11.4 Å². The highest BCUT2D eigenvalue weighted by Gasteiger charge is 2.29. The Morgan fingerprint density at radius 3 is 2.77 bits per heavy atom. The van der Waals surface area contributed by atoms with Crippen molar-refractivity contribution in [2.45, 2.75) is 63.8 Å². The summed E-state index contributed by atoms with van der Waals surface area (Å²) >= 11 is 0. The third-order valence-corrected chi connectivity index (χ3v) is 7.75. The van der Waals surface area contributed by atoms with Gasteiger partial charge in [-0.2, -0.15) is 5.10 Å². The fraction of sp³-hybridized carbons (Fsp3) is 0.519. The van der Waals surface area contributed by atoms with Gasteiger partial charge in [0.25, 0.3) is 0 Å². The van der Waals surface area contributed by atoms with Gasteiger partial charge in [0.05, 0.1) is 30.6 Å². The van der Waals surface area contributed by atoms with Crippen molar-refractivity contribution in [1.29, 1.82) is 0 Å². The second-order valence-corrected chi connectivity index (χ2v) is 10.2. The Morgan fingerprint density at radius 2 is 2.03 bits per heavy atom. The molecule has 2 fully saturated rings. The molecule has 0 atom stereocenters. The lowest BCUT2D eigenvalue weighted by Crippen LogP contribution is -2.42. The van der Waals surface area contributed by atoms with Crippen molar-refractivity contribution in [1.82, 2.24) is 29.5 Å². The molecule has 0 unspecified atom stereocenters. The summed E-state index contributed by atoms with van der Waals surface area (Å²) in [5, 5.41) is 4.34.